The number of pyridine rings is 2. The Bertz CT molecular complexity index is 4310. The maximum absolute atomic E-state index is 6.45. The minimum atomic E-state index is 0.835. The van der Waals surface area contributed by atoms with Crippen molar-refractivity contribution in [3.8, 4) is 0 Å². The Balaban J connectivity index is 0.887. The first-order valence-electron chi connectivity index (χ1n) is 23.1. The van der Waals surface area contributed by atoms with Crippen LogP contribution in [-0.4, -0.2) is 9.97 Å². The van der Waals surface area contributed by atoms with Crippen LogP contribution < -0.4 is 9.80 Å². The van der Waals surface area contributed by atoms with Gasteiger partial charge in [-0.2, -0.15) is 0 Å². The van der Waals surface area contributed by atoms with Gasteiger partial charge >= 0.3 is 0 Å². The van der Waals surface area contributed by atoms with Crippen molar-refractivity contribution in [1.82, 2.24) is 9.97 Å². The van der Waals surface area contributed by atoms with Gasteiger partial charge in [-0.25, -0.2) is 0 Å². The van der Waals surface area contributed by atoms with E-state index in [2.05, 4.69) is 192 Å². The monoisotopic (exact) mass is 900 g/mol. The normalized spacial score (nSPS) is 12.1. The number of aromatic nitrogens is 2. The summed E-state index contributed by atoms with van der Waals surface area (Å²) in [5.41, 5.74) is 11.0. The van der Waals surface area contributed by atoms with Crippen LogP contribution in [0.1, 0.15) is 0 Å². The molecular formula is C62H36N4O2S. The van der Waals surface area contributed by atoms with Crippen molar-refractivity contribution >= 4 is 153 Å². The maximum Gasteiger partial charge on any atom is 0.137 e. The summed E-state index contributed by atoms with van der Waals surface area (Å²) in [6.45, 7) is 0. The Labute approximate surface area is 398 Å². The number of furan rings is 2. The van der Waals surface area contributed by atoms with Crippen molar-refractivity contribution in [1.29, 1.82) is 0 Å². The zero-order chi connectivity index (χ0) is 45.2. The fourth-order valence-electron chi connectivity index (χ4n) is 10.5. The summed E-state index contributed by atoms with van der Waals surface area (Å²) in [4.78, 5) is 15.0. The van der Waals surface area contributed by atoms with Gasteiger partial charge in [0.05, 0.1) is 33.2 Å². The fraction of sp³-hybridized carbons (Fsp3) is 0. The molecule has 0 amide bonds. The average molecular weight is 901 g/mol. The van der Waals surface area contributed by atoms with Gasteiger partial charge in [-0.15, -0.1) is 11.3 Å². The summed E-state index contributed by atoms with van der Waals surface area (Å²) in [6.07, 6.45) is 3.95. The lowest BCUT2D eigenvalue weighted by atomic mass is 10.0. The van der Waals surface area contributed by atoms with Crippen molar-refractivity contribution < 1.29 is 8.83 Å². The second-order valence-electron chi connectivity index (χ2n) is 17.9. The number of anilines is 6. The average Bonchev–Trinajstić information content (AvgIpc) is 4.08. The summed E-state index contributed by atoms with van der Waals surface area (Å²) >= 11 is 1.71. The third-order valence-corrected chi connectivity index (χ3v) is 14.8. The maximum atomic E-state index is 6.45. The van der Waals surface area contributed by atoms with E-state index < -0.39 is 0 Å². The van der Waals surface area contributed by atoms with E-state index in [4.69, 9.17) is 18.8 Å². The van der Waals surface area contributed by atoms with Crippen LogP contribution in [0.2, 0.25) is 0 Å². The number of benzene rings is 10. The summed E-state index contributed by atoms with van der Waals surface area (Å²) in [6, 6.07) is 73.5. The van der Waals surface area contributed by atoms with Gasteiger partial charge in [0.2, 0.25) is 0 Å². The van der Waals surface area contributed by atoms with Crippen LogP contribution in [-0.2, 0) is 0 Å². The minimum Gasteiger partial charge on any atom is -0.456 e. The van der Waals surface area contributed by atoms with Gasteiger partial charge in [0.15, 0.2) is 0 Å². The molecule has 0 saturated carbocycles. The molecule has 0 bridgehead atoms. The van der Waals surface area contributed by atoms with E-state index in [1.807, 2.05) is 36.7 Å². The molecule has 7 heteroatoms. The Kier molecular flexibility index (Phi) is 8.13. The van der Waals surface area contributed by atoms with Gasteiger partial charge in [-0.1, -0.05) is 97.1 Å². The van der Waals surface area contributed by atoms with Gasteiger partial charge in [0.25, 0.3) is 0 Å². The van der Waals surface area contributed by atoms with Crippen LogP contribution in [0.4, 0.5) is 34.1 Å². The zero-order valence-corrected chi connectivity index (χ0v) is 37.6. The topological polar surface area (TPSA) is 58.5 Å². The first-order chi connectivity index (χ1) is 34.1. The van der Waals surface area contributed by atoms with E-state index >= 15 is 0 Å². The lowest BCUT2D eigenvalue weighted by Crippen LogP contribution is -2.10. The predicted molar refractivity (Wildman–Crippen MR) is 289 cm³/mol. The number of hydrogen-bond donors (Lipinski definition) is 0. The molecule has 15 aromatic rings. The van der Waals surface area contributed by atoms with Crippen LogP contribution in [0.3, 0.4) is 0 Å². The molecule has 10 aromatic carbocycles. The van der Waals surface area contributed by atoms with Crippen LogP contribution in [0.25, 0.3) is 107 Å². The molecule has 6 nitrogen and oxygen atoms in total. The Hall–Kier alpha value is -9.04. The van der Waals surface area contributed by atoms with Gasteiger partial charge in [0.1, 0.15) is 33.4 Å². The highest BCUT2D eigenvalue weighted by molar-refractivity contribution is 7.25. The molecule has 0 unspecified atom stereocenters. The second kappa shape index (κ2) is 14.7. The molecule has 0 aliphatic rings. The Morgan fingerprint density at radius 1 is 0.290 bits per heavy atom. The Morgan fingerprint density at radius 2 is 0.652 bits per heavy atom. The second-order valence-corrected chi connectivity index (χ2v) is 19.0. The molecule has 0 fully saturated rings. The molecular weight excluding hydrogens is 865 g/mol. The van der Waals surface area contributed by atoms with Crippen LogP contribution >= 0.6 is 11.3 Å². The number of hydrogen-bond acceptors (Lipinski definition) is 7. The smallest absolute Gasteiger partial charge is 0.137 e. The van der Waals surface area contributed by atoms with Gasteiger partial charge in [-0.05, 0) is 140 Å². The van der Waals surface area contributed by atoms with Crippen LogP contribution in [0.5, 0.6) is 0 Å². The quantitative estimate of drug-likeness (QED) is 0.155. The largest absolute Gasteiger partial charge is 0.456 e. The highest BCUT2D eigenvalue weighted by atomic mass is 32.1. The van der Waals surface area contributed by atoms with E-state index in [-0.39, 0.29) is 0 Å². The van der Waals surface area contributed by atoms with Crippen molar-refractivity contribution in [2.75, 3.05) is 9.80 Å². The van der Waals surface area contributed by atoms with Crippen LogP contribution in [0, 0.1) is 0 Å². The third kappa shape index (κ3) is 6.11. The number of para-hydroxylation sites is 2. The van der Waals surface area contributed by atoms with Crippen molar-refractivity contribution in [2.45, 2.75) is 0 Å². The molecule has 5 aromatic heterocycles. The standard InChI is InChI=1S/C62H36N4O2S/c1-3-11-39-27-43-29-45(19-17-41(43)25-37(39)9-1)65(47-21-23-53-51-13-5-7-15-55(51)67-57(53)31-47)49-33-59-61(63-35-49)62-60(69-59)34-50(36-64-62)66(48-22-24-54-52-14-6-8-16-56(52)68-58(54)32-48)46-20-18-42-26-38-10-2-4-12-40(38)28-44(42)30-46/h1-36H. The summed E-state index contributed by atoms with van der Waals surface area (Å²) in [5, 5.41) is 14.0. The molecule has 0 radical (unpaired) electrons. The Morgan fingerprint density at radius 3 is 1.12 bits per heavy atom. The van der Waals surface area contributed by atoms with Crippen molar-refractivity contribution in [2.24, 2.45) is 0 Å². The van der Waals surface area contributed by atoms with Crippen molar-refractivity contribution in [3.05, 3.63) is 219 Å². The third-order valence-electron chi connectivity index (χ3n) is 13.8. The molecule has 69 heavy (non-hydrogen) atoms. The number of fused-ring (bicyclic) bond motifs is 13. The predicted octanol–water partition coefficient (Wildman–Crippen LogP) is 18.2. The van der Waals surface area contributed by atoms with E-state index in [1.54, 1.807) is 11.3 Å². The highest BCUT2D eigenvalue weighted by Gasteiger charge is 2.21. The molecule has 0 aliphatic heterocycles. The fourth-order valence-corrected chi connectivity index (χ4v) is 11.6. The lowest BCUT2D eigenvalue weighted by molar-refractivity contribution is 0.668. The van der Waals surface area contributed by atoms with E-state index in [1.165, 1.54) is 32.3 Å². The first-order valence-corrected chi connectivity index (χ1v) is 23.9. The molecule has 0 aliphatic carbocycles. The van der Waals surface area contributed by atoms with Crippen molar-refractivity contribution in [3.63, 3.8) is 0 Å². The summed E-state index contributed by atoms with van der Waals surface area (Å²) in [7, 11) is 0. The summed E-state index contributed by atoms with van der Waals surface area (Å²) in [5.74, 6) is 0. The van der Waals surface area contributed by atoms with E-state index in [0.29, 0.717) is 0 Å². The molecule has 15 rings (SSSR count). The van der Waals surface area contributed by atoms with Gasteiger partial charge in [-0.3, -0.25) is 9.97 Å². The molecule has 0 atom stereocenters. The van der Waals surface area contributed by atoms with Gasteiger partial charge < -0.3 is 18.6 Å². The molecule has 322 valence electrons. The highest BCUT2D eigenvalue weighted by Crippen LogP contribution is 2.45. The van der Waals surface area contributed by atoms with E-state index in [0.717, 1.165) is 109 Å². The SMILES string of the molecule is c1ccc2cc3cc(N(c4ccc5c(c4)oc4ccccc45)c4cnc5c(c4)sc4cc(N(c6ccc7cc8ccccc8cc7c6)c6ccc7c(c6)oc6ccccc67)cnc45)ccc3cc2c1. The summed E-state index contributed by atoms with van der Waals surface area (Å²) < 4.78 is 15.0. The molecule has 0 N–H and O–H groups in total. The van der Waals surface area contributed by atoms with Crippen LogP contribution in [0.15, 0.2) is 227 Å². The first kappa shape index (κ1) is 38.1. The van der Waals surface area contributed by atoms with E-state index in [9.17, 15) is 0 Å². The zero-order valence-electron chi connectivity index (χ0n) is 36.8. The minimum absolute atomic E-state index is 0.835. The lowest BCUT2D eigenvalue weighted by Gasteiger charge is -2.25. The molecule has 5 heterocycles. The molecule has 0 saturated heterocycles. The number of thiophene rings is 1. The number of nitrogens with zero attached hydrogens (tertiary/aromatic N) is 4. The molecule has 0 spiro atoms. The van der Waals surface area contributed by atoms with Gasteiger partial charge in [0, 0.05) is 56.4 Å². The number of rotatable bonds is 6.